The molecule has 1 aliphatic rings. The van der Waals surface area contributed by atoms with Gasteiger partial charge < -0.3 is 4.90 Å². The van der Waals surface area contributed by atoms with E-state index in [-0.39, 0.29) is 11.7 Å². The molecule has 1 aromatic carbocycles. The maximum absolute atomic E-state index is 13.3. The molecule has 128 valence electrons. The monoisotopic (exact) mass is 331 g/mol. The number of rotatable bonds is 4. The number of aromatic nitrogens is 4. The van der Waals surface area contributed by atoms with E-state index in [0.717, 1.165) is 25.8 Å². The summed E-state index contributed by atoms with van der Waals surface area (Å²) in [6.45, 7) is 4.67. The normalized spacial score (nSPS) is 19.3. The van der Waals surface area contributed by atoms with Gasteiger partial charge in [-0.2, -0.15) is 4.80 Å². The van der Waals surface area contributed by atoms with Crippen molar-refractivity contribution >= 4 is 5.91 Å². The smallest absolute Gasteiger partial charge is 0.249 e. The van der Waals surface area contributed by atoms with Crippen molar-refractivity contribution < 1.29 is 9.18 Å². The molecule has 0 spiro atoms. The molecule has 2 heterocycles. The lowest BCUT2D eigenvalue weighted by molar-refractivity contribution is -0.138. The number of hydrogen-bond donors (Lipinski definition) is 0. The average molecular weight is 331 g/mol. The van der Waals surface area contributed by atoms with Crippen LogP contribution in [0.25, 0.3) is 11.4 Å². The Labute approximate surface area is 140 Å². The third kappa shape index (κ3) is 3.29. The molecule has 0 unspecified atom stereocenters. The molecule has 3 rings (SSSR count). The van der Waals surface area contributed by atoms with Gasteiger partial charge in [0.2, 0.25) is 11.7 Å². The number of tetrazole rings is 1. The number of benzene rings is 1. The summed E-state index contributed by atoms with van der Waals surface area (Å²) >= 11 is 0. The van der Waals surface area contributed by atoms with Crippen molar-refractivity contribution in [1.29, 1.82) is 0 Å². The second-order valence-electron chi connectivity index (χ2n) is 6.21. The summed E-state index contributed by atoms with van der Waals surface area (Å²) in [6.07, 6.45) is 4.21. The molecule has 2 atom stereocenters. The number of halogens is 1. The first kappa shape index (κ1) is 16.5. The Balaban J connectivity index is 1.78. The minimum Gasteiger partial charge on any atom is -0.338 e. The Kier molecular flexibility index (Phi) is 4.87. The Hall–Kier alpha value is -2.31. The molecule has 0 N–H and O–H groups in total. The van der Waals surface area contributed by atoms with E-state index in [1.54, 1.807) is 19.1 Å². The van der Waals surface area contributed by atoms with Crippen molar-refractivity contribution in [1.82, 2.24) is 25.1 Å². The topological polar surface area (TPSA) is 63.9 Å². The van der Waals surface area contributed by atoms with E-state index in [0.29, 0.717) is 17.4 Å². The first-order valence-electron chi connectivity index (χ1n) is 8.46. The van der Waals surface area contributed by atoms with Crippen LogP contribution in [0.1, 0.15) is 45.6 Å². The number of amides is 1. The van der Waals surface area contributed by atoms with Crippen molar-refractivity contribution in [2.24, 2.45) is 0 Å². The molecule has 0 bridgehead atoms. The van der Waals surface area contributed by atoms with E-state index in [2.05, 4.69) is 22.3 Å². The molecule has 1 amide bonds. The SMILES string of the molecule is CC[C@H]1CCCCN1C(=O)[C@@H](C)n1nnc(-c2cccc(F)c2)n1. The van der Waals surface area contributed by atoms with Gasteiger partial charge in [0.05, 0.1) is 0 Å². The van der Waals surface area contributed by atoms with E-state index >= 15 is 0 Å². The maximum atomic E-state index is 13.3. The summed E-state index contributed by atoms with van der Waals surface area (Å²) in [5.74, 6) is -0.0170. The van der Waals surface area contributed by atoms with E-state index < -0.39 is 6.04 Å². The highest BCUT2D eigenvalue weighted by atomic mass is 19.1. The Morgan fingerprint density at radius 3 is 3.00 bits per heavy atom. The van der Waals surface area contributed by atoms with Crippen LogP contribution in [0, 0.1) is 5.82 Å². The van der Waals surface area contributed by atoms with Crippen molar-refractivity contribution in [2.45, 2.75) is 51.6 Å². The number of piperidine rings is 1. The Morgan fingerprint density at radius 1 is 1.42 bits per heavy atom. The standard InChI is InChI=1S/C17H22FN5O/c1-3-15-9-4-5-10-22(15)17(24)12(2)23-20-16(19-21-23)13-7-6-8-14(18)11-13/h6-8,11-12,15H,3-5,9-10H2,1-2H3/t12-,15+/m1/s1. The quantitative estimate of drug-likeness (QED) is 0.864. The predicted octanol–water partition coefficient (Wildman–Crippen LogP) is 2.83. The molecule has 1 aromatic heterocycles. The van der Waals surface area contributed by atoms with Gasteiger partial charge in [-0.1, -0.05) is 19.1 Å². The summed E-state index contributed by atoms with van der Waals surface area (Å²) in [7, 11) is 0. The number of hydrogen-bond acceptors (Lipinski definition) is 4. The summed E-state index contributed by atoms with van der Waals surface area (Å²) in [4.78, 5) is 16.1. The van der Waals surface area contributed by atoms with E-state index in [1.807, 2.05) is 4.90 Å². The van der Waals surface area contributed by atoms with Crippen LogP contribution >= 0.6 is 0 Å². The molecule has 1 saturated heterocycles. The maximum Gasteiger partial charge on any atom is 0.249 e. The zero-order chi connectivity index (χ0) is 17.1. The molecule has 0 aliphatic carbocycles. The van der Waals surface area contributed by atoms with Crippen LogP contribution in [0.15, 0.2) is 24.3 Å². The van der Waals surface area contributed by atoms with Crippen molar-refractivity contribution in [3.63, 3.8) is 0 Å². The highest BCUT2D eigenvalue weighted by molar-refractivity contribution is 5.80. The van der Waals surface area contributed by atoms with Gasteiger partial charge in [-0.05, 0) is 50.0 Å². The van der Waals surface area contributed by atoms with Crippen LogP contribution in [0.5, 0.6) is 0 Å². The number of likely N-dealkylation sites (tertiary alicyclic amines) is 1. The zero-order valence-electron chi connectivity index (χ0n) is 14.0. The molecular weight excluding hydrogens is 309 g/mol. The minimum atomic E-state index is -0.521. The fourth-order valence-corrected chi connectivity index (χ4v) is 3.19. The van der Waals surface area contributed by atoms with E-state index in [9.17, 15) is 9.18 Å². The summed E-state index contributed by atoms with van der Waals surface area (Å²) in [6, 6.07) is 5.80. The molecule has 0 saturated carbocycles. The second-order valence-corrected chi connectivity index (χ2v) is 6.21. The third-order valence-electron chi connectivity index (χ3n) is 4.60. The highest BCUT2D eigenvalue weighted by Gasteiger charge is 2.30. The highest BCUT2D eigenvalue weighted by Crippen LogP contribution is 2.23. The van der Waals surface area contributed by atoms with Crippen LogP contribution in [-0.2, 0) is 4.79 Å². The van der Waals surface area contributed by atoms with Gasteiger partial charge in [-0.3, -0.25) is 4.79 Å². The second kappa shape index (κ2) is 7.07. The van der Waals surface area contributed by atoms with Crippen molar-refractivity contribution in [3.8, 4) is 11.4 Å². The van der Waals surface area contributed by atoms with Gasteiger partial charge >= 0.3 is 0 Å². The number of carbonyl (C=O) groups excluding carboxylic acids is 1. The van der Waals surface area contributed by atoms with Gasteiger partial charge in [-0.15, -0.1) is 10.2 Å². The van der Waals surface area contributed by atoms with Crippen LogP contribution < -0.4 is 0 Å². The molecule has 1 fully saturated rings. The summed E-state index contributed by atoms with van der Waals surface area (Å²) in [5, 5.41) is 12.2. The molecular formula is C17H22FN5O. The van der Waals surface area contributed by atoms with Crippen LogP contribution in [-0.4, -0.2) is 43.6 Å². The minimum absolute atomic E-state index is 0.0183. The first-order valence-corrected chi connectivity index (χ1v) is 8.46. The number of nitrogens with zero attached hydrogens (tertiary/aromatic N) is 5. The molecule has 24 heavy (non-hydrogen) atoms. The Morgan fingerprint density at radius 2 is 2.25 bits per heavy atom. The molecule has 7 heteroatoms. The van der Waals surface area contributed by atoms with Gasteiger partial charge in [-0.25, -0.2) is 4.39 Å². The third-order valence-corrected chi connectivity index (χ3v) is 4.60. The lowest BCUT2D eigenvalue weighted by Gasteiger charge is -2.36. The predicted molar refractivity (Wildman–Crippen MR) is 87.6 cm³/mol. The van der Waals surface area contributed by atoms with E-state index in [4.69, 9.17) is 0 Å². The molecule has 1 aliphatic heterocycles. The van der Waals surface area contributed by atoms with Crippen molar-refractivity contribution in [2.75, 3.05) is 6.54 Å². The fraction of sp³-hybridized carbons (Fsp3) is 0.529. The fourth-order valence-electron chi connectivity index (χ4n) is 3.19. The lowest BCUT2D eigenvalue weighted by atomic mass is 9.99. The molecule has 2 aromatic rings. The van der Waals surface area contributed by atoms with Crippen LogP contribution in [0.4, 0.5) is 4.39 Å². The van der Waals surface area contributed by atoms with Gasteiger partial charge in [0.15, 0.2) is 0 Å². The average Bonchev–Trinajstić information content (AvgIpc) is 3.10. The Bertz CT molecular complexity index is 717. The van der Waals surface area contributed by atoms with Crippen molar-refractivity contribution in [3.05, 3.63) is 30.1 Å². The zero-order valence-corrected chi connectivity index (χ0v) is 14.0. The summed E-state index contributed by atoms with van der Waals surface area (Å²) in [5.41, 5.74) is 0.547. The lowest BCUT2D eigenvalue weighted by Crippen LogP contribution is -2.46. The van der Waals surface area contributed by atoms with Gasteiger partial charge in [0.1, 0.15) is 11.9 Å². The summed E-state index contributed by atoms with van der Waals surface area (Å²) < 4.78 is 13.3. The molecule has 6 nitrogen and oxygen atoms in total. The van der Waals surface area contributed by atoms with E-state index in [1.165, 1.54) is 23.4 Å². The van der Waals surface area contributed by atoms with Gasteiger partial charge in [0.25, 0.3) is 0 Å². The van der Waals surface area contributed by atoms with Crippen LogP contribution in [0.3, 0.4) is 0 Å². The van der Waals surface area contributed by atoms with Gasteiger partial charge in [0, 0.05) is 18.2 Å². The largest absolute Gasteiger partial charge is 0.338 e. The number of carbonyl (C=O) groups is 1. The first-order chi connectivity index (χ1) is 11.6. The van der Waals surface area contributed by atoms with Crippen LogP contribution in [0.2, 0.25) is 0 Å². The molecule has 0 radical (unpaired) electrons.